The van der Waals surface area contributed by atoms with Gasteiger partial charge in [0.1, 0.15) is 0 Å². The van der Waals surface area contributed by atoms with E-state index < -0.39 is 16.0 Å². The molecule has 3 aliphatic heterocycles. The number of hydrogen-bond donors (Lipinski definition) is 1. The molecule has 8 nitrogen and oxygen atoms in total. The van der Waals surface area contributed by atoms with Gasteiger partial charge in [-0.1, -0.05) is 12.8 Å². The molecule has 1 spiro atoms. The Morgan fingerprint density at radius 3 is 2.04 bits per heavy atom. The van der Waals surface area contributed by atoms with Crippen molar-refractivity contribution in [1.29, 1.82) is 0 Å². The normalized spacial score (nSPS) is 28.7. The zero-order chi connectivity index (χ0) is 18.9. The molecule has 0 aromatic rings. The van der Waals surface area contributed by atoms with E-state index >= 15 is 0 Å². The van der Waals surface area contributed by atoms with Gasteiger partial charge in [0, 0.05) is 51.0 Å². The molecule has 1 amide bonds. The molecule has 3 saturated heterocycles. The molecule has 1 saturated carbocycles. The van der Waals surface area contributed by atoms with Gasteiger partial charge < -0.3 is 14.8 Å². The van der Waals surface area contributed by atoms with E-state index in [1.165, 1.54) is 12.8 Å². The van der Waals surface area contributed by atoms with Crippen LogP contribution in [0, 0.1) is 5.92 Å². The predicted molar refractivity (Wildman–Crippen MR) is 99.1 cm³/mol. The van der Waals surface area contributed by atoms with E-state index in [0.717, 1.165) is 12.8 Å². The minimum absolute atomic E-state index is 0.0676. The SMILES string of the molecule is O=C(NC1CCCC1)C1CCN(S(=O)(=O)N2CCC3(CC2)OCCO3)CC1. The molecule has 154 valence electrons. The number of carbonyl (C=O) groups excluding carboxylic acids is 1. The van der Waals surface area contributed by atoms with Crippen LogP contribution in [0.1, 0.15) is 51.4 Å². The Labute approximate surface area is 161 Å². The van der Waals surface area contributed by atoms with E-state index in [1.54, 1.807) is 8.61 Å². The molecule has 0 aromatic heterocycles. The van der Waals surface area contributed by atoms with Crippen LogP contribution < -0.4 is 5.32 Å². The quantitative estimate of drug-likeness (QED) is 0.754. The third-order valence-electron chi connectivity index (χ3n) is 6.48. The zero-order valence-corrected chi connectivity index (χ0v) is 16.7. The van der Waals surface area contributed by atoms with Crippen molar-refractivity contribution in [2.45, 2.75) is 63.2 Å². The maximum Gasteiger partial charge on any atom is 0.281 e. The molecule has 1 N–H and O–H groups in total. The topological polar surface area (TPSA) is 88.2 Å². The largest absolute Gasteiger partial charge is 0.353 e. The number of rotatable bonds is 4. The van der Waals surface area contributed by atoms with E-state index in [-0.39, 0.29) is 11.8 Å². The predicted octanol–water partition coefficient (Wildman–Crippen LogP) is 0.841. The molecule has 3 heterocycles. The van der Waals surface area contributed by atoms with Gasteiger partial charge in [0.25, 0.3) is 10.2 Å². The third-order valence-corrected chi connectivity index (χ3v) is 8.51. The van der Waals surface area contributed by atoms with Gasteiger partial charge in [-0.15, -0.1) is 0 Å². The van der Waals surface area contributed by atoms with Crippen molar-refractivity contribution in [1.82, 2.24) is 13.9 Å². The molecular weight excluding hydrogens is 370 g/mol. The smallest absolute Gasteiger partial charge is 0.281 e. The summed E-state index contributed by atoms with van der Waals surface area (Å²) in [4.78, 5) is 12.4. The first-order chi connectivity index (χ1) is 13.0. The van der Waals surface area contributed by atoms with Crippen LogP contribution in [0.4, 0.5) is 0 Å². The van der Waals surface area contributed by atoms with Gasteiger partial charge in [0.15, 0.2) is 5.79 Å². The van der Waals surface area contributed by atoms with Crippen LogP contribution in [0.2, 0.25) is 0 Å². The summed E-state index contributed by atoms with van der Waals surface area (Å²) in [7, 11) is -3.48. The average molecular weight is 402 g/mol. The van der Waals surface area contributed by atoms with E-state index in [9.17, 15) is 13.2 Å². The van der Waals surface area contributed by atoms with Gasteiger partial charge >= 0.3 is 0 Å². The van der Waals surface area contributed by atoms with Crippen LogP contribution in [0.3, 0.4) is 0 Å². The first-order valence-electron chi connectivity index (χ1n) is 10.3. The van der Waals surface area contributed by atoms with Crippen LogP contribution in [0.5, 0.6) is 0 Å². The Kier molecular flexibility index (Phi) is 5.76. The lowest BCUT2D eigenvalue weighted by Gasteiger charge is -2.40. The van der Waals surface area contributed by atoms with Crippen LogP contribution in [-0.4, -0.2) is 74.2 Å². The highest BCUT2D eigenvalue weighted by Crippen LogP contribution is 2.33. The van der Waals surface area contributed by atoms with Gasteiger partial charge in [0.05, 0.1) is 13.2 Å². The molecule has 4 aliphatic rings. The Morgan fingerprint density at radius 1 is 0.889 bits per heavy atom. The van der Waals surface area contributed by atoms with Gasteiger partial charge in [0.2, 0.25) is 5.91 Å². The second-order valence-corrected chi connectivity index (χ2v) is 10.1. The molecule has 27 heavy (non-hydrogen) atoms. The Morgan fingerprint density at radius 2 is 1.44 bits per heavy atom. The summed E-state index contributed by atoms with van der Waals surface area (Å²) in [6.07, 6.45) is 6.87. The second kappa shape index (κ2) is 7.94. The van der Waals surface area contributed by atoms with Crippen molar-refractivity contribution >= 4 is 16.1 Å². The summed E-state index contributed by atoms with van der Waals surface area (Å²) < 4.78 is 40.4. The van der Waals surface area contributed by atoms with Crippen molar-refractivity contribution < 1.29 is 22.7 Å². The number of amides is 1. The Balaban J connectivity index is 1.27. The lowest BCUT2D eigenvalue weighted by molar-refractivity contribution is -0.179. The summed E-state index contributed by atoms with van der Waals surface area (Å²) in [5, 5.41) is 3.15. The number of nitrogens with zero attached hydrogens (tertiary/aromatic N) is 2. The lowest BCUT2D eigenvalue weighted by Crippen LogP contribution is -2.53. The van der Waals surface area contributed by atoms with E-state index in [0.29, 0.717) is 71.1 Å². The molecule has 0 aromatic carbocycles. The van der Waals surface area contributed by atoms with Crippen molar-refractivity contribution in [3.63, 3.8) is 0 Å². The fourth-order valence-electron chi connectivity index (χ4n) is 4.74. The summed E-state index contributed by atoms with van der Waals surface area (Å²) in [5.74, 6) is -0.534. The van der Waals surface area contributed by atoms with Gasteiger partial charge in [-0.05, 0) is 25.7 Å². The van der Waals surface area contributed by atoms with Crippen LogP contribution in [-0.2, 0) is 24.5 Å². The minimum atomic E-state index is -3.48. The molecule has 4 rings (SSSR count). The van der Waals surface area contributed by atoms with E-state index in [4.69, 9.17) is 9.47 Å². The minimum Gasteiger partial charge on any atom is -0.353 e. The summed E-state index contributed by atoms with van der Waals surface area (Å²) >= 11 is 0. The maximum absolute atomic E-state index is 13.0. The third kappa shape index (κ3) is 4.17. The molecule has 4 fully saturated rings. The Bertz CT molecular complexity index is 625. The standard InChI is InChI=1S/C18H31N3O5S/c22-17(19-16-3-1-2-4-16)15-5-9-20(10-6-15)27(23,24)21-11-7-18(8-12-21)25-13-14-26-18/h15-16H,1-14H2,(H,19,22). The molecular formula is C18H31N3O5S. The molecule has 0 atom stereocenters. The van der Waals surface area contributed by atoms with Gasteiger partial charge in [-0.2, -0.15) is 17.0 Å². The van der Waals surface area contributed by atoms with Crippen molar-refractivity contribution in [2.75, 3.05) is 39.4 Å². The Hall–Kier alpha value is -0.740. The summed E-state index contributed by atoms with van der Waals surface area (Å²) in [5.41, 5.74) is 0. The monoisotopic (exact) mass is 401 g/mol. The highest BCUT2D eigenvalue weighted by molar-refractivity contribution is 7.86. The fraction of sp³-hybridized carbons (Fsp3) is 0.944. The van der Waals surface area contributed by atoms with Crippen molar-refractivity contribution in [3.05, 3.63) is 0 Å². The highest BCUT2D eigenvalue weighted by atomic mass is 32.2. The number of hydrogen-bond acceptors (Lipinski definition) is 5. The van der Waals surface area contributed by atoms with Crippen molar-refractivity contribution in [3.8, 4) is 0 Å². The first-order valence-corrected chi connectivity index (χ1v) is 11.7. The number of ether oxygens (including phenoxy) is 2. The van der Waals surface area contributed by atoms with Crippen LogP contribution >= 0.6 is 0 Å². The van der Waals surface area contributed by atoms with Crippen LogP contribution in [0.25, 0.3) is 0 Å². The lowest BCUT2D eigenvalue weighted by atomic mass is 9.97. The number of carbonyl (C=O) groups is 1. The number of piperidine rings is 2. The first kappa shape index (κ1) is 19.6. The van der Waals surface area contributed by atoms with Crippen molar-refractivity contribution in [2.24, 2.45) is 5.92 Å². The summed E-state index contributed by atoms with van der Waals surface area (Å²) in [6.45, 7) is 2.85. The molecule has 9 heteroatoms. The maximum atomic E-state index is 13.0. The molecule has 0 bridgehead atoms. The van der Waals surface area contributed by atoms with Gasteiger partial charge in [-0.3, -0.25) is 4.79 Å². The molecule has 0 unspecified atom stereocenters. The van der Waals surface area contributed by atoms with Crippen LogP contribution in [0.15, 0.2) is 0 Å². The average Bonchev–Trinajstić information content (AvgIpc) is 3.35. The summed E-state index contributed by atoms with van der Waals surface area (Å²) in [6, 6.07) is 0.319. The zero-order valence-electron chi connectivity index (χ0n) is 15.9. The second-order valence-electron chi connectivity index (χ2n) is 8.18. The van der Waals surface area contributed by atoms with Gasteiger partial charge in [-0.25, -0.2) is 0 Å². The molecule has 0 radical (unpaired) electrons. The number of nitrogens with one attached hydrogen (secondary N) is 1. The highest BCUT2D eigenvalue weighted by Gasteiger charge is 2.44. The molecule has 1 aliphatic carbocycles. The fourth-order valence-corrected chi connectivity index (χ4v) is 6.39. The van der Waals surface area contributed by atoms with E-state index in [2.05, 4.69) is 5.32 Å². The van der Waals surface area contributed by atoms with E-state index in [1.807, 2.05) is 0 Å².